The molecule has 2 saturated heterocycles. The second-order valence-electron chi connectivity index (χ2n) is 6.36. The molecule has 2 N–H and O–H groups in total. The molecule has 0 bridgehead atoms. The Morgan fingerprint density at radius 1 is 1.32 bits per heavy atom. The van der Waals surface area contributed by atoms with Gasteiger partial charge in [-0.3, -0.25) is 4.79 Å². The van der Waals surface area contributed by atoms with Crippen LogP contribution in [-0.2, 0) is 9.53 Å². The van der Waals surface area contributed by atoms with Crippen molar-refractivity contribution in [1.29, 1.82) is 0 Å². The van der Waals surface area contributed by atoms with Crippen LogP contribution in [0.1, 0.15) is 36.3 Å². The Morgan fingerprint density at radius 2 is 2.00 bits per heavy atom. The second-order valence-corrected chi connectivity index (χ2v) is 6.36. The summed E-state index contributed by atoms with van der Waals surface area (Å²) in [5, 5.41) is 0. The third-order valence-electron chi connectivity index (χ3n) is 4.91. The molecular formula is C17H25ClN2O2. The van der Waals surface area contributed by atoms with Crippen LogP contribution in [0, 0.1) is 6.92 Å². The number of hydrogen-bond donors (Lipinski definition) is 1. The Hall–Kier alpha value is -1.10. The molecule has 2 fully saturated rings. The zero-order valence-electron chi connectivity index (χ0n) is 13.1. The summed E-state index contributed by atoms with van der Waals surface area (Å²) < 4.78 is 5.33. The Balaban J connectivity index is 0.00000176. The van der Waals surface area contributed by atoms with Crippen LogP contribution in [0.25, 0.3) is 0 Å². The van der Waals surface area contributed by atoms with E-state index in [0.717, 1.165) is 19.5 Å². The predicted molar refractivity (Wildman–Crippen MR) is 89.3 cm³/mol. The summed E-state index contributed by atoms with van der Waals surface area (Å²) in [4.78, 5) is 14.7. The lowest BCUT2D eigenvalue weighted by Gasteiger charge is -2.35. The zero-order valence-corrected chi connectivity index (χ0v) is 13.9. The SMILES string of the molecule is Cc1ccccc1C1CCN(C(=O)C2(N)CCOCC2)C1.Cl. The highest BCUT2D eigenvalue weighted by Gasteiger charge is 2.41. The van der Waals surface area contributed by atoms with Crippen LogP contribution < -0.4 is 5.73 Å². The van der Waals surface area contributed by atoms with Crippen LogP contribution in [0.4, 0.5) is 0 Å². The van der Waals surface area contributed by atoms with Gasteiger partial charge in [0.25, 0.3) is 0 Å². The number of ether oxygens (including phenoxy) is 1. The first-order valence-electron chi connectivity index (χ1n) is 7.82. The van der Waals surface area contributed by atoms with Gasteiger partial charge in [0.15, 0.2) is 0 Å². The smallest absolute Gasteiger partial charge is 0.242 e. The van der Waals surface area contributed by atoms with Crippen molar-refractivity contribution >= 4 is 18.3 Å². The van der Waals surface area contributed by atoms with Crippen LogP contribution in [0.2, 0.25) is 0 Å². The number of nitrogens with two attached hydrogens (primary N) is 1. The number of hydrogen-bond acceptors (Lipinski definition) is 3. The Bertz CT molecular complexity index is 529. The number of carbonyl (C=O) groups excluding carboxylic acids is 1. The van der Waals surface area contributed by atoms with Gasteiger partial charge in [-0.25, -0.2) is 0 Å². The van der Waals surface area contributed by atoms with E-state index in [4.69, 9.17) is 10.5 Å². The molecule has 1 amide bonds. The van der Waals surface area contributed by atoms with E-state index in [-0.39, 0.29) is 18.3 Å². The van der Waals surface area contributed by atoms with Crippen molar-refractivity contribution in [2.75, 3.05) is 26.3 Å². The van der Waals surface area contributed by atoms with Crippen LogP contribution in [-0.4, -0.2) is 42.6 Å². The molecule has 0 aliphatic carbocycles. The minimum absolute atomic E-state index is 0. The third-order valence-corrected chi connectivity index (χ3v) is 4.91. The monoisotopic (exact) mass is 324 g/mol. The van der Waals surface area contributed by atoms with E-state index < -0.39 is 5.54 Å². The molecule has 1 atom stereocenters. The normalized spacial score (nSPS) is 23.9. The Morgan fingerprint density at radius 3 is 2.68 bits per heavy atom. The molecule has 0 spiro atoms. The van der Waals surface area contributed by atoms with Gasteiger partial charge in [0, 0.05) is 32.2 Å². The maximum atomic E-state index is 12.7. The standard InChI is InChI=1S/C17H24N2O2.ClH/c1-13-4-2-3-5-15(13)14-6-9-19(12-14)16(20)17(18)7-10-21-11-8-17;/h2-5,14H,6-12,18H2,1H3;1H. The zero-order chi connectivity index (χ0) is 14.9. The van der Waals surface area contributed by atoms with Crippen molar-refractivity contribution in [3.05, 3.63) is 35.4 Å². The average Bonchev–Trinajstić information content (AvgIpc) is 2.97. The first-order chi connectivity index (χ1) is 10.1. The van der Waals surface area contributed by atoms with Gasteiger partial charge >= 0.3 is 0 Å². The summed E-state index contributed by atoms with van der Waals surface area (Å²) in [7, 11) is 0. The second kappa shape index (κ2) is 6.99. The van der Waals surface area contributed by atoms with Crippen molar-refractivity contribution in [2.24, 2.45) is 5.73 Å². The number of halogens is 1. The van der Waals surface area contributed by atoms with E-state index in [1.54, 1.807) is 0 Å². The van der Waals surface area contributed by atoms with Crippen molar-refractivity contribution in [3.8, 4) is 0 Å². The first-order valence-corrected chi connectivity index (χ1v) is 7.82. The van der Waals surface area contributed by atoms with Gasteiger partial charge in [0.1, 0.15) is 0 Å². The van der Waals surface area contributed by atoms with Crippen LogP contribution in [0.5, 0.6) is 0 Å². The first kappa shape index (κ1) is 17.3. The molecule has 5 heteroatoms. The topological polar surface area (TPSA) is 55.6 Å². The molecule has 122 valence electrons. The fraction of sp³-hybridized carbons (Fsp3) is 0.588. The number of nitrogens with zero attached hydrogens (tertiary/aromatic N) is 1. The van der Waals surface area contributed by atoms with E-state index in [2.05, 4.69) is 31.2 Å². The lowest BCUT2D eigenvalue weighted by Crippen LogP contribution is -2.57. The number of amides is 1. The molecule has 1 aromatic carbocycles. The summed E-state index contributed by atoms with van der Waals surface area (Å²) in [5.74, 6) is 0.556. The van der Waals surface area contributed by atoms with Crippen molar-refractivity contribution < 1.29 is 9.53 Å². The molecule has 0 saturated carbocycles. The maximum absolute atomic E-state index is 12.7. The molecule has 2 aliphatic heterocycles. The van der Waals surface area contributed by atoms with Gasteiger partial charge < -0.3 is 15.4 Å². The predicted octanol–water partition coefficient (Wildman–Crippen LogP) is 2.24. The number of carbonyl (C=O) groups is 1. The fourth-order valence-corrected chi connectivity index (χ4v) is 3.51. The van der Waals surface area contributed by atoms with Crippen molar-refractivity contribution in [2.45, 2.75) is 37.6 Å². The number of rotatable bonds is 2. The highest BCUT2D eigenvalue weighted by molar-refractivity contribution is 5.86. The molecule has 1 aromatic rings. The molecule has 2 heterocycles. The Kier molecular flexibility index (Phi) is 5.48. The minimum Gasteiger partial charge on any atom is -0.381 e. The summed E-state index contributed by atoms with van der Waals surface area (Å²) in [6, 6.07) is 8.46. The summed E-state index contributed by atoms with van der Waals surface area (Å²) in [6.45, 7) is 4.94. The van der Waals surface area contributed by atoms with Gasteiger partial charge in [0.05, 0.1) is 5.54 Å². The highest BCUT2D eigenvalue weighted by atomic mass is 35.5. The van der Waals surface area contributed by atoms with Crippen LogP contribution in [0.3, 0.4) is 0 Å². The Labute approximate surface area is 138 Å². The lowest BCUT2D eigenvalue weighted by atomic mass is 9.89. The molecule has 22 heavy (non-hydrogen) atoms. The lowest BCUT2D eigenvalue weighted by molar-refractivity contribution is -0.139. The van der Waals surface area contributed by atoms with E-state index >= 15 is 0 Å². The van der Waals surface area contributed by atoms with Gasteiger partial charge in [-0.2, -0.15) is 0 Å². The summed E-state index contributed by atoms with van der Waals surface area (Å²) >= 11 is 0. The minimum atomic E-state index is -0.709. The molecule has 0 aromatic heterocycles. The summed E-state index contributed by atoms with van der Waals surface area (Å²) in [5.41, 5.74) is 8.29. The molecular weight excluding hydrogens is 300 g/mol. The van der Waals surface area contributed by atoms with Gasteiger partial charge in [-0.1, -0.05) is 24.3 Å². The fourth-order valence-electron chi connectivity index (χ4n) is 3.51. The van der Waals surface area contributed by atoms with E-state index in [0.29, 0.717) is 32.0 Å². The molecule has 0 radical (unpaired) electrons. The molecule has 1 unspecified atom stereocenters. The van der Waals surface area contributed by atoms with Gasteiger partial charge in [-0.15, -0.1) is 12.4 Å². The van der Waals surface area contributed by atoms with Crippen molar-refractivity contribution in [1.82, 2.24) is 4.90 Å². The molecule has 4 nitrogen and oxygen atoms in total. The third kappa shape index (κ3) is 3.29. The number of aryl methyl sites for hydroxylation is 1. The quantitative estimate of drug-likeness (QED) is 0.907. The molecule has 3 rings (SSSR count). The van der Waals surface area contributed by atoms with Crippen molar-refractivity contribution in [3.63, 3.8) is 0 Å². The van der Waals surface area contributed by atoms with Crippen LogP contribution in [0.15, 0.2) is 24.3 Å². The molecule has 2 aliphatic rings. The van der Waals surface area contributed by atoms with E-state index in [1.165, 1.54) is 11.1 Å². The maximum Gasteiger partial charge on any atom is 0.242 e. The average molecular weight is 325 g/mol. The van der Waals surface area contributed by atoms with Crippen LogP contribution >= 0.6 is 12.4 Å². The number of likely N-dealkylation sites (tertiary alicyclic amines) is 1. The van der Waals surface area contributed by atoms with Gasteiger partial charge in [0.2, 0.25) is 5.91 Å². The van der Waals surface area contributed by atoms with Gasteiger partial charge in [-0.05, 0) is 37.3 Å². The largest absolute Gasteiger partial charge is 0.381 e. The number of benzene rings is 1. The van der Waals surface area contributed by atoms with E-state index in [1.807, 2.05) is 4.90 Å². The van der Waals surface area contributed by atoms with E-state index in [9.17, 15) is 4.79 Å². The highest BCUT2D eigenvalue weighted by Crippen LogP contribution is 2.31. The summed E-state index contributed by atoms with van der Waals surface area (Å²) in [6.07, 6.45) is 2.30.